The molecular formula is C15H19BrN2O. The van der Waals surface area contributed by atoms with E-state index in [9.17, 15) is 0 Å². The van der Waals surface area contributed by atoms with Crippen molar-refractivity contribution in [1.82, 2.24) is 9.88 Å². The van der Waals surface area contributed by atoms with Crippen molar-refractivity contribution in [1.29, 1.82) is 0 Å². The van der Waals surface area contributed by atoms with E-state index in [1.54, 1.807) is 7.11 Å². The van der Waals surface area contributed by atoms with Gasteiger partial charge in [0.15, 0.2) is 0 Å². The average Bonchev–Trinajstić information content (AvgIpc) is 2.84. The molecule has 3 nitrogen and oxygen atoms in total. The van der Waals surface area contributed by atoms with Crippen LogP contribution in [0.2, 0.25) is 0 Å². The van der Waals surface area contributed by atoms with Crippen molar-refractivity contribution in [3.8, 4) is 5.75 Å². The Kier molecular flexibility index (Phi) is 5.05. The van der Waals surface area contributed by atoms with Gasteiger partial charge < -0.3 is 14.6 Å². The van der Waals surface area contributed by atoms with Crippen LogP contribution >= 0.6 is 15.9 Å². The first-order chi connectivity index (χ1) is 9.24. The first kappa shape index (κ1) is 14.2. The van der Waals surface area contributed by atoms with E-state index in [1.165, 1.54) is 11.3 Å². The molecule has 0 aliphatic rings. The highest BCUT2D eigenvalue weighted by atomic mass is 79.9. The molecule has 0 atom stereocenters. The van der Waals surface area contributed by atoms with Crippen molar-refractivity contribution in [2.45, 2.75) is 20.0 Å². The number of nitrogens with one attached hydrogen (secondary N) is 1. The number of hydrogen-bond acceptors (Lipinski definition) is 2. The molecule has 102 valence electrons. The summed E-state index contributed by atoms with van der Waals surface area (Å²) in [4.78, 5) is 0. The number of methoxy groups -OCH3 is 1. The van der Waals surface area contributed by atoms with Gasteiger partial charge in [0.25, 0.3) is 0 Å². The summed E-state index contributed by atoms with van der Waals surface area (Å²) in [6, 6.07) is 10.3. The molecule has 4 heteroatoms. The second-order valence-corrected chi connectivity index (χ2v) is 5.28. The molecule has 1 aromatic carbocycles. The Morgan fingerprint density at radius 3 is 2.89 bits per heavy atom. The van der Waals surface area contributed by atoms with Crippen molar-refractivity contribution in [2.24, 2.45) is 0 Å². The molecule has 0 radical (unpaired) electrons. The van der Waals surface area contributed by atoms with Gasteiger partial charge in [0.05, 0.1) is 13.7 Å². The highest BCUT2D eigenvalue weighted by Crippen LogP contribution is 2.24. The minimum absolute atomic E-state index is 0.816. The van der Waals surface area contributed by atoms with E-state index in [2.05, 4.69) is 57.1 Å². The number of hydrogen-bond donors (Lipinski definition) is 1. The van der Waals surface area contributed by atoms with Crippen LogP contribution in [0.15, 0.2) is 41.0 Å². The Hall–Kier alpha value is -1.26. The molecule has 0 amide bonds. The van der Waals surface area contributed by atoms with Crippen LogP contribution in [0.1, 0.15) is 18.2 Å². The zero-order valence-corrected chi connectivity index (χ0v) is 12.9. The van der Waals surface area contributed by atoms with Gasteiger partial charge in [0.2, 0.25) is 0 Å². The minimum Gasteiger partial charge on any atom is -0.496 e. The SMILES string of the molecule is CCNCc1cccn1Cc1cc(Br)ccc1OC. The number of aromatic nitrogens is 1. The summed E-state index contributed by atoms with van der Waals surface area (Å²) < 4.78 is 8.74. The molecule has 0 aliphatic heterocycles. The first-order valence-corrected chi connectivity index (χ1v) is 7.21. The zero-order valence-electron chi connectivity index (χ0n) is 11.3. The first-order valence-electron chi connectivity index (χ1n) is 6.41. The van der Waals surface area contributed by atoms with Crippen LogP contribution in [0.4, 0.5) is 0 Å². The van der Waals surface area contributed by atoms with Gasteiger partial charge in [-0.05, 0) is 36.9 Å². The molecule has 0 saturated carbocycles. The molecule has 1 aromatic heterocycles. The molecule has 1 heterocycles. The summed E-state index contributed by atoms with van der Waals surface area (Å²) in [6.45, 7) is 4.80. The van der Waals surface area contributed by atoms with E-state index >= 15 is 0 Å². The fourth-order valence-electron chi connectivity index (χ4n) is 2.07. The fraction of sp³-hybridized carbons (Fsp3) is 0.333. The van der Waals surface area contributed by atoms with Gasteiger partial charge >= 0.3 is 0 Å². The second-order valence-electron chi connectivity index (χ2n) is 4.36. The molecule has 0 spiro atoms. The molecule has 2 aromatic rings. The molecule has 0 fully saturated rings. The monoisotopic (exact) mass is 322 g/mol. The Morgan fingerprint density at radius 1 is 1.32 bits per heavy atom. The van der Waals surface area contributed by atoms with E-state index in [1.807, 2.05) is 12.1 Å². The second kappa shape index (κ2) is 6.78. The minimum atomic E-state index is 0.816. The Morgan fingerprint density at radius 2 is 2.16 bits per heavy atom. The number of nitrogens with zero attached hydrogens (tertiary/aromatic N) is 1. The van der Waals surface area contributed by atoms with Gasteiger partial charge in [0, 0.05) is 28.5 Å². The number of rotatable bonds is 6. The fourth-order valence-corrected chi connectivity index (χ4v) is 2.48. The topological polar surface area (TPSA) is 26.2 Å². The predicted octanol–water partition coefficient (Wildman–Crippen LogP) is 3.42. The Labute approximate surface area is 122 Å². The van der Waals surface area contributed by atoms with Crippen molar-refractivity contribution in [3.05, 3.63) is 52.3 Å². The quantitative estimate of drug-likeness (QED) is 0.882. The molecule has 2 rings (SSSR count). The normalized spacial score (nSPS) is 10.7. The largest absolute Gasteiger partial charge is 0.496 e. The maximum atomic E-state index is 5.42. The van der Waals surface area contributed by atoms with Crippen LogP contribution in [-0.2, 0) is 13.1 Å². The van der Waals surface area contributed by atoms with Crippen molar-refractivity contribution >= 4 is 15.9 Å². The summed E-state index contributed by atoms with van der Waals surface area (Å²) in [5.41, 5.74) is 2.45. The lowest BCUT2D eigenvalue weighted by Crippen LogP contribution is -2.15. The van der Waals surface area contributed by atoms with E-state index in [-0.39, 0.29) is 0 Å². The van der Waals surface area contributed by atoms with Crippen LogP contribution in [0.5, 0.6) is 5.75 Å². The summed E-state index contributed by atoms with van der Waals surface area (Å²) in [6.07, 6.45) is 2.10. The molecule has 0 bridgehead atoms. The zero-order chi connectivity index (χ0) is 13.7. The van der Waals surface area contributed by atoms with Crippen molar-refractivity contribution in [2.75, 3.05) is 13.7 Å². The molecule has 0 unspecified atom stereocenters. The van der Waals surface area contributed by atoms with Gasteiger partial charge in [0.1, 0.15) is 5.75 Å². The number of halogens is 1. The summed E-state index contributed by atoms with van der Waals surface area (Å²) in [7, 11) is 1.71. The highest BCUT2D eigenvalue weighted by molar-refractivity contribution is 9.10. The predicted molar refractivity (Wildman–Crippen MR) is 81.6 cm³/mol. The van der Waals surface area contributed by atoms with Crippen molar-refractivity contribution in [3.63, 3.8) is 0 Å². The third-order valence-corrected chi connectivity index (χ3v) is 3.56. The van der Waals surface area contributed by atoms with Crippen molar-refractivity contribution < 1.29 is 4.74 Å². The van der Waals surface area contributed by atoms with E-state index < -0.39 is 0 Å². The Bertz CT molecular complexity index is 537. The molecule has 0 saturated heterocycles. The highest BCUT2D eigenvalue weighted by Gasteiger charge is 2.07. The number of benzene rings is 1. The van der Waals surface area contributed by atoms with E-state index in [0.29, 0.717) is 0 Å². The van der Waals surface area contributed by atoms with Gasteiger partial charge in [-0.2, -0.15) is 0 Å². The smallest absolute Gasteiger partial charge is 0.123 e. The maximum absolute atomic E-state index is 5.42. The Balaban J connectivity index is 2.21. The third-order valence-electron chi connectivity index (χ3n) is 3.06. The molecule has 0 aliphatic carbocycles. The van der Waals surface area contributed by atoms with Crippen LogP contribution in [-0.4, -0.2) is 18.2 Å². The molecule has 1 N–H and O–H groups in total. The van der Waals surface area contributed by atoms with Crippen LogP contribution in [0.25, 0.3) is 0 Å². The lowest BCUT2D eigenvalue weighted by atomic mass is 10.2. The van der Waals surface area contributed by atoms with Gasteiger partial charge in [-0.1, -0.05) is 22.9 Å². The van der Waals surface area contributed by atoms with Gasteiger partial charge in [-0.25, -0.2) is 0 Å². The lowest BCUT2D eigenvalue weighted by Gasteiger charge is -2.13. The van der Waals surface area contributed by atoms with E-state index in [0.717, 1.165) is 29.9 Å². The maximum Gasteiger partial charge on any atom is 0.123 e. The number of ether oxygens (including phenoxy) is 1. The van der Waals surface area contributed by atoms with Crippen LogP contribution < -0.4 is 10.1 Å². The molecule has 19 heavy (non-hydrogen) atoms. The summed E-state index contributed by atoms with van der Waals surface area (Å²) >= 11 is 3.51. The standard InChI is InChI=1S/C15H19BrN2O/c1-3-17-10-14-5-4-8-18(14)11-12-9-13(16)6-7-15(12)19-2/h4-9,17H,3,10-11H2,1-2H3. The van der Waals surface area contributed by atoms with E-state index in [4.69, 9.17) is 4.74 Å². The molecular weight excluding hydrogens is 304 g/mol. The van der Waals surface area contributed by atoms with Gasteiger partial charge in [-0.3, -0.25) is 0 Å². The average molecular weight is 323 g/mol. The van der Waals surface area contributed by atoms with Crippen LogP contribution in [0.3, 0.4) is 0 Å². The summed E-state index contributed by atoms with van der Waals surface area (Å²) in [5.74, 6) is 0.923. The van der Waals surface area contributed by atoms with Gasteiger partial charge in [-0.15, -0.1) is 0 Å². The van der Waals surface area contributed by atoms with Crippen LogP contribution in [0, 0.1) is 0 Å². The summed E-state index contributed by atoms with van der Waals surface area (Å²) in [5, 5.41) is 3.36. The lowest BCUT2D eigenvalue weighted by molar-refractivity contribution is 0.408. The third kappa shape index (κ3) is 3.61.